The second-order valence-electron chi connectivity index (χ2n) is 7.10. The van der Waals surface area contributed by atoms with E-state index in [1.54, 1.807) is 54.6 Å². The number of anilines is 2. The number of rotatable bonds is 5. The van der Waals surface area contributed by atoms with Crippen LogP contribution in [0, 0.1) is 0 Å². The minimum atomic E-state index is -0.465. The second-order valence-corrected chi connectivity index (χ2v) is 8.42. The van der Waals surface area contributed by atoms with Gasteiger partial charge >= 0.3 is 0 Å². The number of carbonyl (C=O) groups is 2. The number of benzene rings is 4. The summed E-state index contributed by atoms with van der Waals surface area (Å²) in [7, 11) is 0. The van der Waals surface area contributed by atoms with Crippen molar-refractivity contribution in [3.8, 4) is 11.5 Å². The molecule has 0 heterocycles. The summed E-state index contributed by atoms with van der Waals surface area (Å²) >= 11 is 23.1. The number of nitrogens with one attached hydrogen (secondary N) is 2. The van der Waals surface area contributed by atoms with Crippen LogP contribution < -0.4 is 14.9 Å². The molecule has 4 aromatic carbocycles. The summed E-state index contributed by atoms with van der Waals surface area (Å²) in [5.41, 5.74) is 1.67. The molecule has 0 aliphatic carbocycles. The number of phenols is 1. The van der Waals surface area contributed by atoms with Gasteiger partial charge in [0, 0.05) is 11.4 Å². The summed E-state index contributed by atoms with van der Waals surface area (Å²) in [4.78, 5) is 24.0. The monoisotopic (exact) mass is 562 g/mol. The lowest BCUT2D eigenvalue weighted by atomic mass is 10.1. The molecule has 10 heteroatoms. The normalized spacial score (nSPS) is 10.0. The number of amides is 2. The van der Waals surface area contributed by atoms with Crippen molar-refractivity contribution in [1.82, 2.24) is 0 Å². The van der Waals surface area contributed by atoms with Crippen LogP contribution in [0.4, 0.5) is 11.4 Å². The molecule has 0 aliphatic rings. The Kier molecular flexibility index (Phi) is 9.85. The van der Waals surface area contributed by atoms with Crippen molar-refractivity contribution in [2.75, 3.05) is 10.6 Å². The third kappa shape index (κ3) is 7.06. The molecule has 0 unspecified atom stereocenters. The Morgan fingerprint density at radius 2 is 1.14 bits per heavy atom. The summed E-state index contributed by atoms with van der Waals surface area (Å²) in [6, 6.07) is 25.8. The van der Waals surface area contributed by atoms with E-state index >= 15 is 0 Å². The zero-order chi connectivity index (χ0) is 26.1. The summed E-state index contributed by atoms with van der Waals surface area (Å²) in [6.45, 7) is 0. The molecular formula is C26H18Cl4N2O4. The van der Waals surface area contributed by atoms with Gasteiger partial charge in [-0.1, -0.05) is 83.3 Å². The molecule has 6 nitrogen and oxygen atoms in total. The maximum Gasteiger partial charge on any atom is 0.259 e. The average Bonchev–Trinajstić information content (AvgIpc) is 2.89. The molecule has 0 aliphatic heterocycles. The van der Waals surface area contributed by atoms with Gasteiger partial charge in [-0.15, -0.1) is 0 Å². The quantitative estimate of drug-likeness (QED) is 0.214. The molecule has 3 N–H and O–H groups in total. The van der Waals surface area contributed by atoms with Crippen LogP contribution in [-0.4, -0.2) is 16.9 Å². The van der Waals surface area contributed by atoms with Gasteiger partial charge in [0.15, 0.2) is 5.75 Å². The predicted molar refractivity (Wildman–Crippen MR) is 145 cm³/mol. The molecule has 2 amide bonds. The number of carbonyl (C=O) groups excluding carboxylic acids is 2. The van der Waals surface area contributed by atoms with Gasteiger partial charge in [0.2, 0.25) is 0 Å². The molecule has 184 valence electrons. The highest BCUT2D eigenvalue weighted by molar-refractivity contribution is 6.49. The Balaban J connectivity index is 0.000000205. The third-order valence-corrected chi connectivity index (χ3v) is 6.05. The molecule has 0 atom stereocenters. The number of halogens is 4. The van der Waals surface area contributed by atoms with Crippen LogP contribution in [0.2, 0.25) is 15.1 Å². The molecule has 4 aromatic rings. The van der Waals surface area contributed by atoms with Crippen LogP contribution in [0.25, 0.3) is 0 Å². The molecule has 36 heavy (non-hydrogen) atoms. The van der Waals surface area contributed by atoms with E-state index in [1.165, 1.54) is 12.1 Å². The lowest BCUT2D eigenvalue weighted by Gasteiger charge is -2.11. The smallest absolute Gasteiger partial charge is 0.259 e. The molecule has 0 aromatic heterocycles. The standard InChI is InChI=1S/C13H7Cl4NO2.C13H11NO2/c14-9-6-8(12(20-17)11(16)10(9)15)13(19)18-7-4-2-1-3-5-7;15-12-9-5-4-8-11(12)13(16)14-10-6-2-1-3-7-10/h1-6H,(H,18,19);1-9,15H,(H,14,16). The van der Waals surface area contributed by atoms with Crippen LogP contribution in [0.5, 0.6) is 11.5 Å². The van der Waals surface area contributed by atoms with E-state index in [9.17, 15) is 14.7 Å². The van der Waals surface area contributed by atoms with Gasteiger partial charge in [-0.2, -0.15) is 0 Å². The van der Waals surface area contributed by atoms with E-state index in [0.29, 0.717) is 11.4 Å². The number of phenolic OH excluding ortho intramolecular Hbond substituents is 1. The lowest BCUT2D eigenvalue weighted by molar-refractivity contribution is 0.101. The minimum absolute atomic E-state index is 0.0177. The number of para-hydroxylation sites is 3. The van der Waals surface area contributed by atoms with Crippen LogP contribution in [0.15, 0.2) is 91.0 Å². The number of hydrogen-bond donors (Lipinski definition) is 3. The van der Waals surface area contributed by atoms with Crippen molar-refractivity contribution in [2.45, 2.75) is 0 Å². The predicted octanol–water partition coefficient (Wildman–Crippen LogP) is 8.08. The van der Waals surface area contributed by atoms with Crippen molar-refractivity contribution < 1.29 is 19.0 Å². The first-order chi connectivity index (χ1) is 17.3. The molecule has 0 bridgehead atoms. The Morgan fingerprint density at radius 3 is 1.64 bits per heavy atom. The fourth-order valence-electron chi connectivity index (χ4n) is 2.93. The highest BCUT2D eigenvalue weighted by Gasteiger charge is 2.21. The summed E-state index contributed by atoms with van der Waals surface area (Å²) in [6.07, 6.45) is 0. The third-order valence-electron chi connectivity index (χ3n) is 4.65. The highest BCUT2D eigenvalue weighted by atomic mass is 35.5. The number of hydrogen-bond acceptors (Lipinski definition) is 4. The highest BCUT2D eigenvalue weighted by Crippen LogP contribution is 2.41. The summed E-state index contributed by atoms with van der Waals surface area (Å²) < 4.78 is 4.61. The molecule has 0 fully saturated rings. The Hall–Kier alpha value is -3.42. The average molecular weight is 564 g/mol. The van der Waals surface area contributed by atoms with E-state index < -0.39 is 5.91 Å². The van der Waals surface area contributed by atoms with Crippen molar-refractivity contribution in [3.05, 3.63) is 117 Å². The van der Waals surface area contributed by atoms with Crippen molar-refractivity contribution in [3.63, 3.8) is 0 Å². The molecule has 0 saturated carbocycles. The van der Waals surface area contributed by atoms with Crippen LogP contribution >= 0.6 is 46.7 Å². The van der Waals surface area contributed by atoms with E-state index in [4.69, 9.17) is 46.7 Å². The first kappa shape index (κ1) is 27.2. The van der Waals surface area contributed by atoms with Crippen molar-refractivity contribution in [2.24, 2.45) is 0 Å². The Bertz CT molecular complexity index is 1350. The van der Waals surface area contributed by atoms with Crippen LogP contribution in [0.3, 0.4) is 0 Å². The van der Waals surface area contributed by atoms with E-state index in [1.807, 2.05) is 24.3 Å². The van der Waals surface area contributed by atoms with Gasteiger partial charge in [-0.25, -0.2) is 0 Å². The zero-order valence-electron chi connectivity index (χ0n) is 18.3. The van der Waals surface area contributed by atoms with Crippen molar-refractivity contribution in [1.29, 1.82) is 0 Å². The molecule has 0 spiro atoms. The maximum absolute atomic E-state index is 12.2. The topological polar surface area (TPSA) is 87.7 Å². The van der Waals surface area contributed by atoms with Crippen LogP contribution in [-0.2, 0) is 0 Å². The fraction of sp³-hybridized carbons (Fsp3) is 0. The van der Waals surface area contributed by atoms with Gasteiger partial charge in [-0.3, -0.25) is 9.59 Å². The van der Waals surface area contributed by atoms with Crippen LogP contribution in [0.1, 0.15) is 20.7 Å². The largest absolute Gasteiger partial charge is 0.507 e. The first-order valence-corrected chi connectivity index (χ1v) is 11.7. The van der Waals surface area contributed by atoms with E-state index in [0.717, 1.165) is 0 Å². The summed E-state index contributed by atoms with van der Waals surface area (Å²) in [5, 5.41) is 15.0. The first-order valence-electron chi connectivity index (χ1n) is 10.3. The second kappa shape index (κ2) is 13.0. The molecule has 0 radical (unpaired) electrons. The van der Waals surface area contributed by atoms with Gasteiger partial charge < -0.3 is 20.0 Å². The number of aromatic hydroxyl groups is 1. The Morgan fingerprint density at radius 1 is 0.667 bits per heavy atom. The Labute approximate surface area is 227 Å². The fourth-order valence-corrected chi connectivity index (χ4v) is 3.76. The minimum Gasteiger partial charge on any atom is -0.507 e. The van der Waals surface area contributed by atoms with Gasteiger partial charge in [0.25, 0.3) is 11.8 Å². The van der Waals surface area contributed by atoms with Crippen molar-refractivity contribution >= 4 is 69.9 Å². The molecular weight excluding hydrogens is 546 g/mol. The van der Waals surface area contributed by atoms with E-state index in [2.05, 4.69) is 14.9 Å². The zero-order valence-corrected chi connectivity index (χ0v) is 21.4. The molecule has 4 rings (SSSR count). The van der Waals surface area contributed by atoms with E-state index in [-0.39, 0.29) is 43.6 Å². The SMILES string of the molecule is O=C(Nc1ccccc1)c1cc(Cl)c(Cl)c(Cl)c1OCl.O=C(Nc1ccccc1)c1ccccc1O. The summed E-state index contributed by atoms with van der Waals surface area (Å²) in [5.74, 6) is -0.844. The van der Waals surface area contributed by atoms with Gasteiger partial charge in [0.05, 0.1) is 21.2 Å². The lowest BCUT2D eigenvalue weighted by Crippen LogP contribution is -2.13. The molecule has 0 saturated heterocycles. The van der Waals surface area contributed by atoms with Gasteiger partial charge in [-0.05, 0) is 42.5 Å². The van der Waals surface area contributed by atoms with Gasteiger partial charge in [0.1, 0.15) is 22.6 Å². The maximum atomic E-state index is 12.2.